The van der Waals surface area contributed by atoms with Crippen LogP contribution in [0.1, 0.15) is 22.9 Å². The van der Waals surface area contributed by atoms with E-state index < -0.39 is 0 Å². The number of aromatic nitrogens is 2. The number of hydrogen-bond donors (Lipinski definition) is 1. The maximum Gasteiger partial charge on any atom is 0.0596 e. The summed E-state index contributed by atoms with van der Waals surface area (Å²) in [5.41, 5.74) is 9.03. The molecule has 90 valence electrons. The fraction of sp³-hybridized carbons (Fsp3) is 0.308. The smallest absolute Gasteiger partial charge is 0.0596 e. The molecule has 0 aliphatic heterocycles. The fourth-order valence-electron chi connectivity index (χ4n) is 2.12. The highest BCUT2D eigenvalue weighted by Gasteiger charge is 2.18. The summed E-state index contributed by atoms with van der Waals surface area (Å²) in [6.45, 7) is 2.49. The van der Waals surface area contributed by atoms with Gasteiger partial charge in [-0.15, -0.1) is 0 Å². The van der Waals surface area contributed by atoms with Crippen molar-refractivity contribution in [1.29, 1.82) is 0 Å². The minimum Gasteiger partial charge on any atom is -0.329 e. The monoisotopic (exact) mass is 249 g/mol. The molecule has 1 aromatic carbocycles. The molecule has 17 heavy (non-hydrogen) atoms. The summed E-state index contributed by atoms with van der Waals surface area (Å²) < 4.78 is 1.87. The molecule has 4 heteroatoms. The molecule has 3 nitrogen and oxygen atoms in total. The minimum atomic E-state index is 0.0925. The van der Waals surface area contributed by atoms with Gasteiger partial charge < -0.3 is 5.73 Å². The lowest BCUT2D eigenvalue weighted by atomic mass is 9.95. The molecule has 1 unspecified atom stereocenters. The van der Waals surface area contributed by atoms with Crippen LogP contribution in [0.2, 0.25) is 5.02 Å². The third-order valence-electron chi connectivity index (χ3n) is 2.91. The summed E-state index contributed by atoms with van der Waals surface area (Å²) >= 11 is 6.22. The summed E-state index contributed by atoms with van der Waals surface area (Å²) in [7, 11) is 1.93. The lowest BCUT2D eigenvalue weighted by Gasteiger charge is -2.16. The molecule has 0 amide bonds. The van der Waals surface area contributed by atoms with Crippen LogP contribution in [0.3, 0.4) is 0 Å². The predicted molar refractivity (Wildman–Crippen MR) is 70.3 cm³/mol. The van der Waals surface area contributed by atoms with Crippen molar-refractivity contribution in [2.45, 2.75) is 12.8 Å². The standard InChI is InChI=1S/C13H16ClN3/c1-9-7-13(17(2)16-9)11(8-15)10-5-3-4-6-12(10)14/h3-7,11H,8,15H2,1-2H3. The molecule has 1 heterocycles. The van der Waals surface area contributed by atoms with E-state index in [1.807, 2.05) is 42.9 Å². The van der Waals surface area contributed by atoms with E-state index in [4.69, 9.17) is 17.3 Å². The molecule has 2 rings (SSSR count). The van der Waals surface area contributed by atoms with Gasteiger partial charge >= 0.3 is 0 Å². The second-order valence-electron chi connectivity index (χ2n) is 4.14. The number of nitrogens with zero attached hydrogens (tertiary/aromatic N) is 2. The quantitative estimate of drug-likeness (QED) is 0.908. The van der Waals surface area contributed by atoms with Crippen LogP contribution < -0.4 is 5.73 Å². The highest BCUT2D eigenvalue weighted by Crippen LogP contribution is 2.29. The maximum atomic E-state index is 6.22. The maximum absolute atomic E-state index is 6.22. The van der Waals surface area contributed by atoms with Crippen molar-refractivity contribution in [3.8, 4) is 0 Å². The van der Waals surface area contributed by atoms with Gasteiger partial charge in [0, 0.05) is 30.2 Å². The summed E-state index contributed by atoms with van der Waals surface area (Å²) in [5, 5.41) is 5.10. The van der Waals surface area contributed by atoms with Gasteiger partial charge in [-0.3, -0.25) is 4.68 Å². The first-order valence-corrected chi connectivity index (χ1v) is 5.96. The SMILES string of the molecule is Cc1cc(C(CN)c2ccccc2Cl)n(C)n1. The molecule has 0 radical (unpaired) electrons. The van der Waals surface area contributed by atoms with Gasteiger partial charge in [0.15, 0.2) is 0 Å². The number of benzene rings is 1. The second kappa shape index (κ2) is 4.90. The van der Waals surface area contributed by atoms with E-state index in [0.29, 0.717) is 6.54 Å². The molecule has 0 saturated heterocycles. The van der Waals surface area contributed by atoms with Crippen LogP contribution in [0.5, 0.6) is 0 Å². The molecule has 1 aromatic heterocycles. The fourth-order valence-corrected chi connectivity index (χ4v) is 2.39. The van der Waals surface area contributed by atoms with Crippen LogP contribution in [-0.2, 0) is 7.05 Å². The molecule has 0 aliphatic carbocycles. The Bertz CT molecular complexity index is 519. The first kappa shape index (κ1) is 12.1. The van der Waals surface area contributed by atoms with Gasteiger partial charge in [0.05, 0.1) is 5.69 Å². The predicted octanol–water partition coefficient (Wildman–Crippen LogP) is 2.47. The van der Waals surface area contributed by atoms with Crippen molar-refractivity contribution in [2.75, 3.05) is 6.54 Å². The van der Waals surface area contributed by atoms with E-state index in [9.17, 15) is 0 Å². The summed E-state index contributed by atoms with van der Waals surface area (Å²) in [4.78, 5) is 0. The zero-order valence-corrected chi connectivity index (χ0v) is 10.8. The normalized spacial score (nSPS) is 12.7. The summed E-state index contributed by atoms with van der Waals surface area (Å²) in [6, 6.07) is 9.87. The van der Waals surface area contributed by atoms with E-state index in [1.54, 1.807) is 0 Å². The van der Waals surface area contributed by atoms with Gasteiger partial charge in [-0.25, -0.2) is 0 Å². The lowest BCUT2D eigenvalue weighted by molar-refractivity contribution is 0.660. The molecule has 0 saturated carbocycles. The Hall–Kier alpha value is -1.32. The largest absolute Gasteiger partial charge is 0.329 e. The zero-order chi connectivity index (χ0) is 12.4. The van der Waals surface area contributed by atoms with Gasteiger partial charge in [-0.2, -0.15) is 5.10 Å². The third kappa shape index (κ3) is 2.35. The Morgan fingerprint density at radius 3 is 2.65 bits per heavy atom. The highest BCUT2D eigenvalue weighted by molar-refractivity contribution is 6.31. The lowest BCUT2D eigenvalue weighted by Crippen LogP contribution is -2.17. The molecule has 0 bridgehead atoms. The Balaban J connectivity index is 2.47. The Kier molecular flexibility index (Phi) is 3.50. The summed E-state index contributed by atoms with van der Waals surface area (Å²) in [5.74, 6) is 0.0925. The Labute approximate surface area is 106 Å². The van der Waals surface area contributed by atoms with Crippen LogP contribution in [0.25, 0.3) is 0 Å². The van der Waals surface area contributed by atoms with Crippen molar-refractivity contribution >= 4 is 11.6 Å². The zero-order valence-electron chi connectivity index (χ0n) is 10.0. The number of hydrogen-bond acceptors (Lipinski definition) is 2. The van der Waals surface area contributed by atoms with Crippen molar-refractivity contribution in [2.24, 2.45) is 12.8 Å². The van der Waals surface area contributed by atoms with Crippen molar-refractivity contribution < 1.29 is 0 Å². The van der Waals surface area contributed by atoms with Crippen molar-refractivity contribution in [1.82, 2.24) is 9.78 Å². The molecular formula is C13H16ClN3. The van der Waals surface area contributed by atoms with E-state index in [-0.39, 0.29) is 5.92 Å². The van der Waals surface area contributed by atoms with Crippen molar-refractivity contribution in [3.05, 3.63) is 52.3 Å². The number of aryl methyl sites for hydroxylation is 2. The van der Waals surface area contributed by atoms with Crippen LogP contribution in [0.15, 0.2) is 30.3 Å². The molecule has 0 spiro atoms. The van der Waals surface area contributed by atoms with Gasteiger partial charge in [0.2, 0.25) is 0 Å². The molecule has 2 aromatic rings. The number of nitrogens with two attached hydrogens (primary N) is 1. The van der Waals surface area contributed by atoms with Crippen molar-refractivity contribution in [3.63, 3.8) is 0 Å². The average molecular weight is 250 g/mol. The minimum absolute atomic E-state index is 0.0925. The van der Waals surface area contributed by atoms with E-state index in [2.05, 4.69) is 11.2 Å². The molecule has 2 N–H and O–H groups in total. The van der Waals surface area contributed by atoms with Crippen LogP contribution in [0, 0.1) is 6.92 Å². The Morgan fingerprint density at radius 2 is 2.12 bits per heavy atom. The first-order valence-electron chi connectivity index (χ1n) is 5.58. The number of halogens is 1. The van der Waals surface area contributed by atoms with Crippen LogP contribution >= 0.6 is 11.6 Å². The van der Waals surface area contributed by atoms with E-state index in [0.717, 1.165) is 22.0 Å². The van der Waals surface area contributed by atoms with Gasteiger partial charge in [-0.1, -0.05) is 29.8 Å². The topological polar surface area (TPSA) is 43.8 Å². The second-order valence-corrected chi connectivity index (χ2v) is 4.55. The highest BCUT2D eigenvalue weighted by atomic mass is 35.5. The van der Waals surface area contributed by atoms with Gasteiger partial charge in [0.25, 0.3) is 0 Å². The third-order valence-corrected chi connectivity index (χ3v) is 3.26. The molecule has 0 aliphatic rings. The van der Waals surface area contributed by atoms with Crippen LogP contribution in [-0.4, -0.2) is 16.3 Å². The molecular weight excluding hydrogens is 234 g/mol. The van der Waals surface area contributed by atoms with E-state index in [1.165, 1.54) is 0 Å². The Morgan fingerprint density at radius 1 is 1.41 bits per heavy atom. The number of rotatable bonds is 3. The van der Waals surface area contributed by atoms with E-state index >= 15 is 0 Å². The van der Waals surface area contributed by atoms with Gasteiger partial charge in [-0.05, 0) is 24.6 Å². The molecule has 1 atom stereocenters. The van der Waals surface area contributed by atoms with Gasteiger partial charge in [0.1, 0.15) is 0 Å². The summed E-state index contributed by atoms with van der Waals surface area (Å²) in [6.07, 6.45) is 0. The van der Waals surface area contributed by atoms with Crippen LogP contribution in [0.4, 0.5) is 0 Å². The first-order chi connectivity index (χ1) is 8.13. The average Bonchev–Trinajstić information content (AvgIpc) is 2.62. The molecule has 0 fully saturated rings.